The van der Waals surface area contributed by atoms with E-state index in [2.05, 4.69) is 31.3 Å². The Morgan fingerprint density at radius 2 is 0.833 bits per heavy atom. The number of carbonyl (C=O) groups is 1. The van der Waals surface area contributed by atoms with Gasteiger partial charge >= 0.3 is 0 Å². The van der Waals surface area contributed by atoms with Crippen LogP contribution in [-0.4, -0.2) is 46.1 Å². The van der Waals surface area contributed by atoms with E-state index in [0.29, 0.717) is 12.8 Å². The Hall–Kier alpha value is -0.910. The van der Waals surface area contributed by atoms with Crippen LogP contribution in [-0.2, 0) is 4.79 Å². The molecule has 0 rings (SSSR count). The quantitative estimate of drug-likeness (QED) is 0.0384. The molecule has 286 valence electrons. The third kappa shape index (κ3) is 33.6. The van der Waals surface area contributed by atoms with E-state index in [1.54, 1.807) is 0 Å². The molecule has 0 fully saturated rings. The summed E-state index contributed by atoms with van der Waals surface area (Å²) >= 11 is 0. The van der Waals surface area contributed by atoms with Crippen LogP contribution in [0.4, 0.5) is 0 Å². The molecule has 0 bridgehead atoms. The molecule has 0 saturated carbocycles. The molecule has 0 aromatic rings. The molecule has 0 aromatic heterocycles. The Kier molecular flexibility index (Phi) is 38.1. The first-order valence-corrected chi connectivity index (χ1v) is 21.5. The average molecular weight is 680 g/mol. The lowest BCUT2D eigenvalue weighted by Crippen LogP contribution is -2.50. The van der Waals surface area contributed by atoms with Crippen molar-refractivity contribution in [2.45, 2.75) is 250 Å². The fourth-order valence-electron chi connectivity index (χ4n) is 6.75. The molecular formula is C43H85NO4. The van der Waals surface area contributed by atoms with E-state index in [4.69, 9.17) is 0 Å². The van der Waals surface area contributed by atoms with Crippen LogP contribution in [0.25, 0.3) is 0 Å². The number of carbonyl (C=O) groups excluding carboxylic acids is 1. The molecule has 0 aliphatic rings. The zero-order chi connectivity index (χ0) is 35.2. The highest BCUT2D eigenvalue weighted by Crippen LogP contribution is 2.16. The van der Waals surface area contributed by atoms with E-state index in [0.717, 1.165) is 38.5 Å². The first kappa shape index (κ1) is 47.1. The monoisotopic (exact) mass is 680 g/mol. The Labute approximate surface area is 299 Å². The normalized spacial score (nSPS) is 13.7. The number of hydrogen-bond donors (Lipinski definition) is 4. The van der Waals surface area contributed by atoms with Crippen molar-refractivity contribution in [2.24, 2.45) is 0 Å². The van der Waals surface area contributed by atoms with Gasteiger partial charge < -0.3 is 20.6 Å². The number of rotatable bonds is 39. The van der Waals surface area contributed by atoms with E-state index in [1.165, 1.54) is 167 Å². The van der Waals surface area contributed by atoms with E-state index >= 15 is 0 Å². The molecule has 0 aliphatic heterocycles. The predicted octanol–water partition coefficient (Wildman–Crippen LogP) is 12.0. The highest BCUT2D eigenvalue weighted by molar-refractivity contribution is 5.76. The number of amides is 1. The fraction of sp³-hybridized carbons (Fsp3) is 0.930. The van der Waals surface area contributed by atoms with Crippen molar-refractivity contribution >= 4 is 5.91 Å². The van der Waals surface area contributed by atoms with Crippen LogP contribution in [0.3, 0.4) is 0 Å². The Morgan fingerprint density at radius 1 is 0.500 bits per heavy atom. The third-order valence-corrected chi connectivity index (χ3v) is 10.1. The molecule has 5 heteroatoms. The van der Waals surface area contributed by atoms with E-state index in [1.807, 2.05) is 0 Å². The summed E-state index contributed by atoms with van der Waals surface area (Å²) in [6.45, 7) is 4.18. The second kappa shape index (κ2) is 38.9. The molecule has 0 aromatic carbocycles. The summed E-state index contributed by atoms with van der Waals surface area (Å²) in [6, 6.07) is -0.807. The minimum absolute atomic E-state index is 0.147. The topological polar surface area (TPSA) is 89.8 Å². The van der Waals surface area contributed by atoms with Gasteiger partial charge in [-0.15, -0.1) is 0 Å². The SMILES string of the molecule is CCCCCCCC/C=C\CCCCCCCCCC(=O)NC(CO)C(O)C(O)CCCCCCCCCCCCCCCCCCC. The smallest absolute Gasteiger partial charge is 0.220 e. The molecule has 1 amide bonds. The molecule has 0 saturated heterocycles. The van der Waals surface area contributed by atoms with Gasteiger partial charge in [0, 0.05) is 6.42 Å². The van der Waals surface area contributed by atoms with Gasteiger partial charge in [0.2, 0.25) is 5.91 Å². The number of unbranched alkanes of at least 4 members (excludes halogenated alkanes) is 29. The van der Waals surface area contributed by atoms with E-state index in [-0.39, 0.29) is 12.5 Å². The Morgan fingerprint density at radius 3 is 1.21 bits per heavy atom. The summed E-state index contributed by atoms with van der Waals surface area (Å²) < 4.78 is 0. The van der Waals surface area contributed by atoms with Crippen molar-refractivity contribution in [3.63, 3.8) is 0 Å². The Balaban J connectivity index is 3.63. The summed E-state index contributed by atoms with van der Waals surface area (Å²) in [5.74, 6) is -0.147. The molecule has 48 heavy (non-hydrogen) atoms. The van der Waals surface area contributed by atoms with Crippen molar-refractivity contribution in [3.8, 4) is 0 Å². The highest BCUT2D eigenvalue weighted by atomic mass is 16.3. The molecule has 0 heterocycles. The van der Waals surface area contributed by atoms with Crippen LogP contribution in [0.2, 0.25) is 0 Å². The van der Waals surface area contributed by atoms with Gasteiger partial charge in [-0.2, -0.15) is 0 Å². The minimum Gasteiger partial charge on any atom is -0.394 e. The fourth-order valence-corrected chi connectivity index (χ4v) is 6.75. The molecule has 3 atom stereocenters. The van der Waals surface area contributed by atoms with Crippen LogP contribution < -0.4 is 5.32 Å². The van der Waals surface area contributed by atoms with Crippen molar-refractivity contribution < 1.29 is 20.1 Å². The van der Waals surface area contributed by atoms with Crippen molar-refractivity contribution in [1.29, 1.82) is 0 Å². The first-order chi connectivity index (χ1) is 23.6. The van der Waals surface area contributed by atoms with Gasteiger partial charge in [-0.25, -0.2) is 0 Å². The van der Waals surface area contributed by atoms with Crippen molar-refractivity contribution in [2.75, 3.05) is 6.61 Å². The lowest BCUT2D eigenvalue weighted by Gasteiger charge is -2.26. The number of nitrogens with one attached hydrogen (secondary N) is 1. The Bertz CT molecular complexity index is 669. The van der Waals surface area contributed by atoms with E-state index in [9.17, 15) is 20.1 Å². The summed E-state index contributed by atoms with van der Waals surface area (Å²) in [7, 11) is 0. The van der Waals surface area contributed by atoms with Crippen LogP contribution in [0.5, 0.6) is 0 Å². The van der Waals surface area contributed by atoms with E-state index < -0.39 is 18.2 Å². The second-order valence-corrected chi connectivity index (χ2v) is 14.9. The molecule has 0 radical (unpaired) electrons. The van der Waals surface area contributed by atoms with Crippen molar-refractivity contribution in [3.05, 3.63) is 12.2 Å². The van der Waals surface area contributed by atoms with Gasteiger partial charge in [0.1, 0.15) is 6.10 Å². The van der Waals surface area contributed by atoms with Gasteiger partial charge in [-0.05, 0) is 38.5 Å². The number of aliphatic hydroxyl groups excluding tert-OH is 3. The summed E-state index contributed by atoms with van der Waals surface area (Å²) in [5.41, 5.74) is 0. The minimum atomic E-state index is -1.13. The van der Waals surface area contributed by atoms with Gasteiger partial charge in [0.25, 0.3) is 0 Å². The van der Waals surface area contributed by atoms with Gasteiger partial charge in [0.05, 0.1) is 18.8 Å². The lowest BCUT2D eigenvalue weighted by atomic mass is 9.99. The summed E-state index contributed by atoms with van der Waals surface area (Å²) in [5, 5.41) is 33.5. The zero-order valence-corrected chi connectivity index (χ0v) is 32.4. The number of hydrogen-bond acceptors (Lipinski definition) is 4. The first-order valence-electron chi connectivity index (χ1n) is 21.5. The van der Waals surface area contributed by atoms with Gasteiger partial charge in [0.15, 0.2) is 0 Å². The van der Waals surface area contributed by atoms with Crippen LogP contribution in [0, 0.1) is 0 Å². The largest absolute Gasteiger partial charge is 0.394 e. The van der Waals surface area contributed by atoms with Crippen LogP contribution >= 0.6 is 0 Å². The standard InChI is InChI=1S/C43H85NO4/c1-3-5-7-9-11-13-15-17-19-21-23-25-27-29-31-33-35-37-41(46)43(48)40(39-45)44-42(47)38-36-34-32-30-28-26-24-22-20-18-16-14-12-10-8-6-4-2/h18,20,40-41,43,45-46,48H,3-17,19,21-39H2,1-2H3,(H,44,47)/b20-18-. The van der Waals surface area contributed by atoms with Crippen LogP contribution in [0.1, 0.15) is 232 Å². The molecule has 5 nitrogen and oxygen atoms in total. The maximum absolute atomic E-state index is 12.4. The zero-order valence-electron chi connectivity index (χ0n) is 32.4. The molecule has 0 spiro atoms. The highest BCUT2D eigenvalue weighted by Gasteiger charge is 2.26. The number of aliphatic hydroxyl groups is 3. The van der Waals surface area contributed by atoms with Gasteiger partial charge in [-0.1, -0.05) is 199 Å². The second-order valence-electron chi connectivity index (χ2n) is 14.9. The average Bonchev–Trinajstić information content (AvgIpc) is 3.09. The number of allylic oxidation sites excluding steroid dienone is 2. The predicted molar refractivity (Wildman–Crippen MR) is 208 cm³/mol. The molecular weight excluding hydrogens is 594 g/mol. The van der Waals surface area contributed by atoms with Crippen molar-refractivity contribution in [1.82, 2.24) is 5.32 Å². The molecule has 3 unspecified atom stereocenters. The summed E-state index contributed by atoms with van der Waals surface area (Å²) in [6.07, 6.45) is 44.5. The maximum atomic E-state index is 12.4. The maximum Gasteiger partial charge on any atom is 0.220 e. The summed E-state index contributed by atoms with van der Waals surface area (Å²) in [4.78, 5) is 12.4. The van der Waals surface area contributed by atoms with Gasteiger partial charge in [-0.3, -0.25) is 4.79 Å². The lowest BCUT2D eigenvalue weighted by molar-refractivity contribution is -0.124. The van der Waals surface area contributed by atoms with Crippen LogP contribution in [0.15, 0.2) is 12.2 Å². The molecule has 0 aliphatic carbocycles. The molecule has 4 N–H and O–H groups in total. The third-order valence-electron chi connectivity index (χ3n) is 10.1.